The molecule has 0 aromatic heterocycles. The maximum atomic E-state index is 12.7. The molecule has 3 rings (SSSR count). The van der Waals surface area contributed by atoms with Crippen LogP contribution in [0.2, 0.25) is 0 Å². The molecule has 2 aromatic carbocycles. The minimum absolute atomic E-state index is 0.170. The predicted molar refractivity (Wildman–Crippen MR) is 98.9 cm³/mol. The zero-order valence-corrected chi connectivity index (χ0v) is 15.1. The Bertz CT molecular complexity index is 835. The largest absolute Gasteiger partial charge is 0.497 e. The van der Waals surface area contributed by atoms with Crippen molar-refractivity contribution in [2.75, 3.05) is 13.7 Å². The Hall–Kier alpha value is -3.08. The van der Waals surface area contributed by atoms with E-state index in [-0.39, 0.29) is 6.61 Å². The molecule has 0 saturated carbocycles. The summed E-state index contributed by atoms with van der Waals surface area (Å²) in [6, 6.07) is 12.8. The topological polar surface area (TPSA) is 55.8 Å². The minimum Gasteiger partial charge on any atom is -0.497 e. The lowest BCUT2D eigenvalue weighted by atomic mass is 10.0. The highest BCUT2D eigenvalue weighted by Gasteiger charge is 2.37. The van der Waals surface area contributed by atoms with Crippen LogP contribution in [0.25, 0.3) is 6.08 Å². The fraction of sp³-hybridized carbons (Fsp3) is 0.238. The van der Waals surface area contributed by atoms with Crippen molar-refractivity contribution >= 4 is 18.1 Å². The van der Waals surface area contributed by atoms with Gasteiger partial charge in [-0.05, 0) is 54.3 Å². The predicted octanol–water partition coefficient (Wildman–Crippen LogP) is 4.05. The van der Waals surface area contributed by atoms with E-state index in [0.29, 0.717) is 0 Å². The van der Waals surface area contributed by atoms with Gasteiger partial charge >= 0.3 is 6.09 Å². The van der Waals surface area contributed by atoms with Gasteiger partial charge in [-0.15, -0.1) is 0 Å². The summed E-state index contributed by atoms with van der Waals surface area (Å²) >= 11 is 0. The van der Waals surface area contributed by atoms with Crippen LogP contribution in [0.4, 0.5) is 4.79 Å². The summed E-state index contributed by atoms with van der Waals surface area (Å²) in [6.45, 7) is 4.08. The lowest BCUT2D eigenvalue weighted by Crippen LogP contribution is -2.32. The highest BCUT2D eigenvalue weighted by molar-refractivity contribution is 6.02. The molecule has 2 amide bonds. The monoisotopic (exact) mass is 351 g/mol. The Morgan fingerprint density at radius 1 is 1.19 bits per heavy atom. The summed E-state index contributed by atoms with van der Waals surface area (Å²) in [5, 5.41) is 0. The number of aryl methyl sites for hydroxylation is 2. The standard InChI is InChI=1S/C21H21NO4/c1-14-11-17(25-3)12-15(2)18(14)9-10-20(23)22-19(13-26-21(22)24)16-7-5-4-6-8-16/h4-12,19H,13H2,1-3H3/b10-9+. The molecule has 2 aromatic rings. The fourth-order valence-corrected chi connectivity index (χ4v) is 3.14. The van der Waals surface area contributed by atoms with Gasteiger partial charge in [0.2, 0.25) is 0 Å². The molecule has 26 heavy (non-hydrogen) atoms. The molecule has 1 fully saturated rings. The first-order chi connectivity index (χ1) is 12.5. The molecule has 0 N–H and O–H groups in total. The summed E-state index contributed by atoms with van der Waals surface area (Å²) in [7, 11) is 1.62. The number of imide groups is 1. The Balaban J connectivity index is 1.85. The van der Waals surface area contributed by atoms with Crippen LogP contribution < -0.4 is 4.74 Å². The van der Waals surface area contributed by atoms with E-state index in [1.807, 2.05) is 56.3 Å². The smallest absolute Gasteiger partial charge is 0.417 e. The van der Waals surface area contributed by atoms with Crippen molar-refractivity contribution in [3.05, 3.63) is 70.8 Å². The number of rotatable bonds is 4. The summed E-state index contributed by atoms with van der Waals surface area (Å²) < 4.78 is 10.4. The van der Waals surface area contributed by atoms with E-state index in [9.17, 15) is 9.59 Å². The van der Waals surface area contributed by atoms with E-state index in [1.165, 1.54) is 11.0 Å². The number of hydrogen-bond acceptors (Lipinski definition) is 4. The zero-order chi connectivity index (χ0) is 18.7. The third kappa shape index (κ3) is 3.47. The summed E-state index contributed by atoms with van der Waals surface area (Å²) in [6.07, 6.45) is 2.54. The van der Waals surface area contributed by atoms with E-state index in [2.05, 4.69) is 0 Å². The second kappa shape index (κ2) is 7.44. The molecule has 5 heteroatoms. The number of cyclic esters (lactones) is 1. The number of amides is 2. The molecule has 1 heterocycles. The number of benzene rings is 2. The van der Waals surface area contributed by atoms with Crippen LogP contribution in [-0.2, 0) is 9.53 Å². The van der Waals surface area contributed by atoms with E-state index in [0.717, 1.165) is 28.0 Å². The van der Waals surface area contributed by atoms with Crippen LogP contribution >= 0.6 is 0 Å². The van der Waals surface area contributed by atoms with Crippen LogP contribution in [0, 0.1) is 13.8 Å². The highest BCUT2D eigenvalue weighted by Crippen LogP contribution is 2.28. The summed E-state index contributed by atoms with van der Waals surface area (Å²) in [5.74, 6) is 0.381. The van der Waals surface area contributed by atoms with Crippen molar-refractivity contribution in [1.82, 2.24) is 4.90 Å². The first-order valence-corrected chi connectivity index (χ1v) is 8.39. The van der Waals surface area contributed by atoms with Crippen LogP contribution in [0.15, 0.2) is 48.5 Å². The summed E-state index contributed by atoms with van der Waals surface area (Å²) in [4.78, 5) is 25.9. The average molecular weight is 351 g/mol. The Labute approximate surface area is 152 Å². The average Bonchev–Trinajstić information content (AvgIpc) is 3.03. The van der Waals surface area contributed by atoms with Gasteiger partial charge in [-0.3, -0.25) is 4.79 Å². The van der Waals surface area contributed by atoms with Gasteiger partial charge in [-0.25, -0.2) is 9.69 Å². The molecule has 0 radical (unpaired) electrons. The van der Waals surface area contributed by atoms with Crippen molar-refractivity contribution < 1.29 is 19.1 Å². The first kappa shape index (κ1) is 17.7. The van der Waals surface area contributed by atoms with Crippen molar-refractivity contribution in [2.24, 2.45) is 0 Å². The molecule has 134 valence electrons. The normalized spacial score (nSPS) is 16.8. The maximum Gasteiger partial charge on any atom is 0.417 e. The molecule has 1 aliphatic rings. The Kier molecular flexibility index (Phi) is 5.07. The molecule has 1 saturated heterocycles. The number of carbonyl (C=O) groups is 2. The number of nitrogens with zero attached hydrogens (tertiary/aromatic N) is 1. The van der Waals surface area contributed by atoms with E-state index in [1.54, 1.807) is 13.2 Å². The van der Waals surface area contributed by atoms with Gasteiger partial charge in [0, 0.05) is 6.08 Å². The third-order valence-corrected chi connectivity index (χ3v) is 4.49. The summed E-state index contributed by atoms with van der Waals surface area (Å²) in [5.41, 5.74) is 3.80. The second-order valence-corrected chi connectivity index (χ2v) is 6.22. The molecule has 5 nitrogen and oxygen atoms in total. The van der Waals surface area contributed by atoms with Crippen molar-refractivity contribution in [1.29, 1.82) is 0 Å². The first-order valence-electron chi connectivity index (χ1n) is 8.39. The lowest BCUT2D eigenvalue weighted by molar-refractivity contribution is -0.124. The second-order valence-electron chi connectivity index (χ2n) is 6.22. The number of methoxy groups -OCH3 is 1. The molecule has 0 aliphatic carbocycles. The molecule has 1 unspecified atom stereocenters. The number of hydrogen-bond donors (Lipinski definition) is 0. The van der Waals surface area contributed by atoms with E-state index >= 15 is 0 Å². The van der Waals surface area contributed by atoms with Crippen LogP contribution in [0.1, 0.15) is 28.3 Å². The Morgan fingerprint density at radius 2 is 1.85 bits per heavy atom. The molecule has 0 bridgehead atoms. The van der Waals surface area contributed by atoms with Gasteiger partial charge in [-0.1, -0.05) is 30.3 Å². The van der Waals surface area contributed by atoms with Gasteiger partial charge in [0.25, 0.3) is 5.91 Å². The maximum absolute atomic E-state index is 12.7. The number of carbonyl (C=O) groups excluding carboxylic acids is 2. The van der Waals surface area contributed by atoms with Gasteiger partial charge < -0.3 is 9.47 Å². The van der Waals surface area contributed by atoms with Crippen molar-refractivity contribution in [2.45, 2.75) is 19.9 Å². The van der Waals surface area contributed by atoms with Gasteiger partial charge in [0.05, 0.1) is 7.11 Å². The van der Waals surface area contributed by atoms with Crippen molar-refractivity contribution in [3.63, 3.8) is 0 Å². The molecule has 1 atom stereocenters. The fourth-order valence-electron chi connectivity index (χ4n) is 3.14. The molecular weight excluding hydrogens is 330 g/mol. The minimum atomic E-state index is -0.614. The zero-order valence-electron chi connectivity index (χ0n) is 15.1. The van der Waals surface area contributed by atoms with Crippen LogP contribution in [0.3, 0.4) is 0 Å². The lowest BCUT2D eigenvalue weighted by Gasteiger charge is -2.18. The molecular formula is C21H21NO4. The van der Waals surface area contributed by atoms with E-state index in [4.69, 9.17) is 9.47 Å². The van der Waals surface area contributed by atoms with Crippen molar-refractivity contribution in [3.8, 4) is 5.75 Å². The van der Waals surface area contributed by atoms with Gasteiger partial charge in [0.1, 0.15) is 18.4 Å². The van der Waals surface area contributed by atoms with Gasteiger partial charge in [0.15, 0.2) is 0 Å². The highest BCUT2D eigenvalue weighted by atomic mass is 16.6. The molecule has 0 spiro atoms. The van der Waals surface area contributed by atoms with Gasteiger partial charge in [-0.2, -0.15) is 0 Å². The Morgan fingerprint density at radius 3 is 2.46 bits per heavy atom. The van der Waals surface area contributed by atoms with Crippen LogP contribution in [0.5, 0.6) is 5.75 Å². The van der Waals surface area contributed by atoms with E-state index < -0.39 is 18.0 Å². The third-order valence-electron chi connectivity index (χ3n) is 4.49. The van der Waals surface area contributed by atoms with Crippen LogP contribution in [-0.4, -0.2) is 30.6 Å². The molecule has 1 aliphatic heterocycles. The quantitative estimate of drug-likeness (QED) is 0.780. The number of ether oxygens (including phenoxy) is 2. The SMILES string of the molecule is COc1cc(C)c(/C=C/C(=O)N2C(=O)OCC2c2ccccc2)c(C)c1.